The Morgan fingerprint density at radius 1 is 0.895 bits per heavy atom. The summed E-state index contributed by atoms with van der Waals surface area (Å²) < 4.78 is 39.2. The number of benzene rings is 3. The predicted octanol–water partition coefficient (Wildman–Crippen LogP) is 3.94. The number of rotatable bonds is 10. The molecule has 1 saturated heterocycles. The maximum Gasteiger partial charge on any atom is 0.243 e. The molecule has 1 fully saturated rings. The fourth-order valence-electron chi connectivity index (χ4n) is 4.48. The van der Waals surface area contributed by atoms with Gasteiger partial charge in [-0.1, -0.05) is 54.1 Å². The molecular formula is C28H32ClN3O5S. The summed E-state index contributed by atoms with van der Waals surface area (Å²) in [6.45, 7) is 2.11. The van der Waals surface area contributed by atoms with Gasteiger partial charge >= 0.3 is 0 Å². The molecule has 3 aromatic rings. The Kier molecular flexibility index (Phi) is 9.14. The van der Waals surface area contributed by atoms with Crippen molar-refractivity contribution in [2.24, 2.45) is 0 Å². The van der Waals surface area contributed by atoms with Gasteiger partial charge in [0.1, 0.15) is 11.5 Å². The van der Waals surface area contributed by atoms with Crippen LogP contribution in [0.4, 0.5) is 5.69 Å². The van der Waals surface area contributed by atoms with E-state index in [2.05, 4.69) is 4.90 Å². The minimum Gasteiger partial charge on any atom is -0.495 e. The van der Waals surface area contributed by atoms with Crippen LogP contribution in [0.3, 0.4) is 0 Å². The molecule has 1 amide bonds. The molecular weight excluding hydrogens is 526 g/mol. The second-order valence-corrected chi connectivity index (χ2v) is 11.3. The fourth-order valence-corrected chi connectivity index (χ4v) is 6.22. The smallest absolute Gasteiger partial charge is 0.243 e. The van der Waals surface area contributed by atoms with E-state index in [-0.39, 0.29) is 28.9 Å². The molecule has 1 aliphatic heterocycles. The van der Waals surface area contributed by atoms with E-state index in [1.54, 1.807) is 12.0 Å². The van der Waals surface area contributed by atoms with E-state index in [1.807, 2.05) is 54.6 Å². The number of halogens is 1. The first-order valence-corrected chi connectivity index (χ1v) is 14.2. The molecule has 0 bridgehead atoms. The summed E-state index contributed by atoms with van der Waals surface area (Å²) in [6.07, 6.45) is 0.471. The van der Waals surface area contributed by atoms with Crippen LogP contribution in [0.25, 0.3) is 0 Å². The average Bonchev–Trinajstić information content (AvgIpc) is 2.95. The third kappa shape index (κ3) is 6.40. The van der Waals surface area contributed by atoms with Gasteiger partial charge in [-0.15, -0.1) is 0 Å². The Morgan fingerprint density at radius 2 is 1.55 bits per heavy atom. The van der Waals surface area contributed by atoms with E-state index in [0.717, 1.165) is 17.0 Å². The Hall–Kier alpha value is -3.27. The van der Waals surface area contributed by atoms with Crippen LogP contribution < -0.4 is 14.4 Å². The molecule has 0 unspecified atom stereocenters. The Bertz CT molecular complexity index is 1350. The van der Waals surface area contributed by atoms with Crippen molar-refractivity contribution in [1.29, 1.82) is 0 Å². The molecule has 0 aliphatic carbocycles. The minimum absolute atomic E-state index is 0.0187. The topological polar surface area (TPSA) is 79.4 Å². The van der Waals surface area contributed by atoms with Crippen LogP contribution in [0, 0.1) is 0 Å². The average molecular weight is 558 g/mol. The van der Waals surface area contributed by atoms with Crippen LogP contribution in [0.1, 0.15) is 5.56 Å². The second-order valence-electron chi connectivity index (χ2n) is 8.91. The first-order chi connectivity index (χ1) is 18.3. The van der Waals surface area contributed by atoms with Gasteiger partial charge in [0.05, 0.1) is 36.4 Å². The number of hydrogen-bond acceptors (Lipinski definition) is 6. The summed E-state index contributed by atoms with van der Waals surface area (Å²) >= 11 is 6.23. The van der Waals surface area contributed by atoms with Gasteiger partial charge in [0.2, 0.25) is 15.9 Å². The quantitative estimate of drug-likeness (QED) is 0.376. The van der Waals surface area contributed by atoms with E-state index in [4.69, 9.17) is 21.1 Å². The summed E-state index contributed by atoms with van der Waals surface area (Å²) in [7, 11) is -0.892. The number of piperazine rings is 1. The maximum atomic E-state index is 13.7. The SMILES string of the molecule is COc1ccc(S(=O)(=O)N(CCc2ccccc2)CC(=O)N2CCN(c3ccccc3OC)CC2)cc1Cl. The number of methoxy groups -OCH3 is 2. The second kappa shape index (κ2) is 12.5. The van der Waals surface area contributed by atoms with E-state index in [9.17, 15) is 13.2 Å². The molecule has 0 atom stereocenters. The molecule has 4 rings (SSSR count). The summed E-state index contributed by atoms with van der Waals surface area (Å²) in [5, 5.41) is 0.190. The molecule has 0 aromatic heterocycles. The lowest BCUT2D eigenvalue weighted by molar-refractivity contribution is -0.131. The summed E-state index contributed by atoms with van der Waals surface area (Å²) in [6, 6.07) is 21.7. The number of hydrogen-bond donors (Lipinski definition) is 0. The molecule has 38 heavy (non-hydrogen) atoms. The van der Waals surface area contributed by atoms with Crippen LogP contribution >= 0.6 is 11.6 Å². The lowest BCUT2D eigenvalue weighted by atomic mass is 10.1. The molecule has 1 aliphatic rings. The Morgan fingerprint density at radius 3 is 2.21 bits per heavy atom. The summed E-state index contributed by atoms with van der Waals surface area (Å²) in [5.74, 6) is 0.926. The molecule has 3 aromatic carbocycles. The van der Waals surface area contributed by atoms with Gasteiger partial charge in [0.25, 0.3) is 0 Å². The molecule has 0 radical (unpaired) electrons. The fraction of sp³-hybridized carbons (Fsp3) is 0.321. The summed E-state index contributed by atoms with van der Waals surface area (Å²) in [4.78, 5) is 17.3. The van der Waals surface area contributed by atoms with Gasteiger partial charge in [-0.3, -0.25) is 4.79 Å². The van der Waals surface area contributed by atoms with Crippen molar-refractivity contribution in [1.82, 2.24) is 9.21 Å². The Balaban J connectivity index is 1.49. The standard InChI is InChI=1S/C28H32ClN3O5S/c1-36-26-13-12-23(20-24(26)29)38(34,35)32(15-14-22-8-4-3-5-9-22)21-28(33)31-18-16-30(17-19-31)25-10-6-7-11-27(25)37-2/h3-13,20H,14-19,21H2,1-2H3. The van der Waals surface area contributed by atoms with Crippen LogP contribution in [-0.4, -0.2) is 77.0 Å². The normalized spacial score (nSPS) is 14.0. The van der Waals surface area contributed by atoms with Gasteiger partial charge in [-0.25, -0.2) is 8.42 Å². The van der Waals surface area contributed by atoms with E-state index >= 15 is 0 Å². The third-order valence-corrected chi connectivity index (χ3v) is 8.76. The van der Waals surface area contributed by atoms with Crippen LogP contribution in [0.2, 0.25) is 5.02 Å². The summed E-state index contributed by atoms with van der Waals surface area (Å²) in [5.41, 5.74) is 1.96. The first kappa shape index (κ1) is 27.8. The van der Waals surface area contributed by atoms with E-state index in [1.165, 1.54) is 29.6 Å². The molecule has 202 valence electrons. The number of nitrogens with zero attached hydrogens (tertiary/aromatic N) is 3. The predicted molar refractivity (Wildman–Crippen MR) is 149 cm³/mol. The highest BCUT2D eigenvalue weighted by Crippen LogP contribution is 2.30. The number of para-hydroxylation sites is 2. The van der Waals surface area contributed by atoms with Crippen LogP contribution in [-0.2, 0) is 21.2 Å². The zero-order valence-corrected chi connectivity index (χ0v) is 23.1. The van der Waals surface area contributed by atoms with Crippen molar-refractivity contribution in [2.75, 3.05) is 58.4 Å². The van der Waals surface area contributed by atoms with Gasteiger partial charge in [-0.05, 0) is 42.3 Å². The van der Waals surface area contributed by atoms with Crippen LogP contribution in [0.5, 0.6) is 11.5 Å². The number of carbonyl (C=O) groups is 1. The van der Waals surface area contributed by atoms with Gasteiger partial charge in [0, 0.05) is 32.7 Å². The molecule has 1 heterocycles. The van der Waals surface area contributed by atoms with Crippen molar-refractivity contribution in [3.63, 3.8) is 0 Å². The lowest BCUT2D eigenvalue weighted by Crippen LogP contribution is -2.52. The van der Waals surface area contributed by atoms with Crippen molar-refractivity contribution >= 4 is 33.2 Å². The van der Waals surface area contributed by atoms with Crippen LogP contribution in [0.15, 0.2) is 77.7 Å². The van der Waals surface area contributed by atoms with E-state index < -0.39 is 10.0 Å². The van der Waals surface area contributed by atoms with Gasteiger partial charge in [0.15, 0.2) is 0 Å². The zero-order chi connectivity index (χ0) is 27.1. The molecule has 0 saturated carbocycles. The van der Waals surface area contributed by atoms with Crippen molar-refractivity contribution in [3.8, 4) is 11.5 Å². The highest BCUT2D eigenvalue weighted by molar-refractivity contribution is 7.89. The number of sulfonamides is 1. The minimum atomic E-state index is -4.00. The Labute approximate surface area is 229 Å². The monoisotopic (exact) mass is 557 g/mol. The number of anilines is 1. The first-order valence-electron chi connectivity index (χ1n) is 12.4. The molecule has 0 N–H and O–H groups in total. The molecule has 0 spiro atoms. The number of carbonyl (C=O) groups excluding carboxylic acids is 1. The van der Waals surface area contributed by atoms with Gasteiger partial charge in [-0.2, -0.15) is 4.31 Å². The maximum absolute atomic E-state index is 13.7. The highest BCUT2D eigenvalue weighted by Gasteiger charge is 2.30. The van der Waals surface area contributed by atoms with Crippen molar-refractivity contribution in [2.45, 2.75) is 11.3 Å². The van der Waals surface area contributed by atoms with Crippen molar-refractivity contribution < 1.29 is 22.7 Å². The zero-order valence-electron chi connectivity index (χ0n) is 21.5. The van der Waals surface area contributed by atoms with Crippen molar-refractivity contribution in [3.05, 3.63) is 83.4 Å². The largest absolute Gasteiger partial charge is 0.495 e. The number of amides is 1. The van der Waals surface area contributed by atoms with E-state index in [0.29, 0.717) is 38.3 Å². The molecule has 8 nitrogen and oxygen atoms in total. The third-order valence-electron chi connectivity index (χ3n) is 6.62. The molecule has 10 heteroatoms. The van der Waals surface area contributed by atoms with Gasteiger partial charge < -0.3 is 19.3 Å². The lowest BCUT2D eigenvalue weighted by Gasteiger charge is -2.37. The highest BCUT2D eigenvalue weighted by atomic mass is 35.5. The number of ether oxygens (including phenoxy) is 2.